The van der Waals surface area contributed by atoms with Crippen molar-refractivity contribution in [1.82, 2.24) is 0 Å². The molecule has 12 heavy (non-hydrogen) atoms. The normalized spacial score (nSPS) is 11.6. The van der Waals surface area contributed by atoms with Crippen LogP contribution in [0.25, 0.3) is 0 Å². The molecule has 1 aromatic carbocycles. The number of hydrogen-bond donors (Lipinski definition) is 1. The maximum absolute atomic E-state index is 12.8. The summed E-state index contributed by atoms with van der Waals surface area (Å²) in [6, 6.07) is 3.72. The second kappa shape index (κ2) is 3.27. The molecule has 0 aliphatic carbocycles. The number of primary sulfonamides is 1. The molecule has 0 bridgehead atoms. The molecule has 66 valence electrons. The number of benzene rings is 1. The van der Waals surface area contributed by atoms with Crippen LogP contribution in [-0.4, -0.2) is 8.42 Å². The lowest BCUT2D eigenvalue weighted by Gasteiger charge is -1.99. The molecule has 3 nitrogen and oxygen atoms in total. The van der Waals surface area contributed by atoms with Gasteiger partial charge in [0.1, 0.15) is 10.7 Å². The quantitative estimate of drug-likeness (QED) is 0.789. The summed E-state index contributed by atoms with van der Waals surface area (Å²) in [6.45, 7) is 0. The minimum absolute atomic E-state index is 0.464. The van der Waals surface area contributed by atoms with Crippen LogP contribution in [0.3, 0.4) is 0 Å². The molecule has 0 saturated heterocycles. The van der Waals surface area contributed by atoms with Crippen molar-refractivity contribution in [1.29, 1.82) is 0 Å². The van der Waals surface area contributed by atoms with Gasteiger partial charge in [-0.25, -0.2) is 17.9 Å². The molecule has 0 heterocycles. The number of hydrogen-bond acceptors (Lipinski definition) is 2. The lowest BCUT2D eigenvalue weighted by atomic mass is 10.3. The van der Waals surface area contributed by atoms with Gasteiger partial charge in [-0.15, -0.1) is 0 Å². The zero-order chi connectivity index (χ0) is 9.35. The Bertz CT molecular complexity index is 404. The van der Waals surface area contributed by atoms with Crippen LogP contribution in [0.1, 0.15) is 0 Å². The fraction of sp³-hybridized carbons (Fsp3) is 0. The average Bonchev–Trinajstić information content (AvgIpc) is 1.92. The van der Waals surface area contributed by atoms with Crippen molar-refractivity contribution in [2.75, 3.05) is 0 Å². The first-order valence-corrected chi connectivity index (χ1v) is 5.51. The van der Waals surface area contributed by atoms with Gasteiger partial charge in [0.15, 0.2) is 0 Å². The van der Waals surface area contributed by atoms with Crippen molar-refractivity contribution in [3.63, 3.8) is 0 Å². The molecule has 0 atom stereocenters. The molecule has 0 fully saturated rings. The lowest BCUT2D eigenvalue weighted by Crippen LogP contribution is -2.14. The largest absolute Gasteiger partial charge is 0.241 e. The van der Waals surface area contributed by atoms with Gasteiger partial charge in [0.25, 0.3) is 0 Å². The van der Waals surface area contributed by atoms with Gasteiger partial charge in [0.2, 0.25) is 10.0 Å². The van der Waals surface area contributed by atoms with Crippen molar-refractivity contribution in [2.24, 2.45) is 5.14 Å². The van der Waals surface area contributed by atoms with Gasteiger partial charge in [-0.05, 0) is 40.8 Å². The molecule has 0 radical (unpaired) electrons. The smallest absolute Gasteiger partial charge is 0.225 e. The van der Waals surface area contributed by atoms with Crippen molar-refractivity contribution in [2.45, 2.75) is 4.90 Å². The minimum Gasteiger partial charge on any atom is -0.225 e. The Balaban J connectivity index is 3.43. The van der Waals surface area contributed by atoms with E-state index in [-0.39, 0.29) is 0 Å². The molecule has 0 amide bonds. The van der Waals surface area contributed by atoms with Gasteiger partial charge in [0, 0.05) is 3.57 Å². The van der Waals surface area contributed by atoms with Crippen LogP contribution in [0, 0.1) is 9.39 Å². The topological polar surface area (TPSA) is 60.2 Å². The van der Waals surface area contributed by atoms with Crippen molar-refractivity contribution in [3.8, 4) is 0 Å². The van der Waals surface area contributed by atoms with E-state index in [9.17, 15) is 12.8 Å². The fourth-order valence-corrected chi connectivity index (χ4v) is 2.03. The molecule has 0 spiro atoms. The summed E-state index contributed by atoms with van der Waals surface area (Å²) in [6.07, 6.45) is 0. The third kappa shape index (κ3) is 2.14. The van der Waals surface area contributed by atoms with Gasteiger partial charge in [-0.1, -0.05) is 0 Å². The summed E-state index contributed by atoms with van der Waals surface area (Å²) in [7, 11) is -3.94. The molecule has 0 saturated carbocycles. The number of nitrogens with two attached hydrogens (primary N) is 1. The Kier molecular flexibility index (Phi) is 2.69. The monoisotopic (exact) mass is 301 g/mol. The summed E-state index contributed by atoms with van der Waals surface area (Å²) in [5.41, 5.74) is 0. The zero-order valence-corrected chi connectivity index (χ0v) is 8.76. The number of sulfonamides is 1. The van der Waals surface area contributed by atoms with Crippen LogP contribution < -0.4 is 5.14 Å². The molecule has 0 aliphatic rings. The van der Waals surface area contributed by atoms with Crippen LogP contribution in [0.5, 0.6) is 0 Å². The van der Waals surface area contributed by atoms with E-state index < -0.39 is 20.7 Å². The Morgan fingerprint density at radius 2 is 2.00 bits per heavy atom. The summed E-state index contributed by atoms with van der Waals surface area (Å²) in [4.78, 5) is -0.464. The number of halogens is 2. The van der Waals surface area contributed by atoms with E-state index in [0.717, 1.165) is 6.07 Å². The molecule has 2 N–H and O–H groups in total. The highest BCUT2D eigenvalue weighted by molar-refractivity contribution is 14.1. The van der Waals surface area contributed by atoms with E-state index in [2.05, 4.69) is 0 Å². The second-order valence-corrected chi connectivity index (χ2v) is 4.90. The molecule has 1 aromatic rings. The average molecular weight is 301 g/mol. The highest BCUT2D eigenvalue weighted by Crippen LogP contribution is 2.15. The van der Waals surface area contributed by atoms with E-state index in [0.29, 0.717) is 3.57 Å². The first-order valence-electron chi connectivity index (χ1n) is 2.89. The van der Waals surface area contributed by atoms with Gasteiger partial charge in [0.05, 0.1) is 0 Å². The predicted octanol–water partition coefficient (Wildman–Crippen LogP) is 1.08. The van der Waals surface area contributed by atoms with Gasteiger partial charge < -0.3 is 0 Å². The second-order valence-electron chi connectivity index (χ2n) is 2.12. The molecule has 0 unspecified atom stereocenters. The lowest BCUT2D eigenvalue weighted by molar-refractivity contribution is 0.567. The van der Waals surface area contributed by atoms with E-state index in [4.69, 9.17) is 5.14 Å². The summed E-state index contributed by atoms with van der Waals surface area (Å²) < 4.78 is 34.9. The summed E-state index contributed by atoms with van der Waals surface area (Å²) in [5, 5.41) is 4.76. The van der Waals surface area contributed by atoms with Crippen molar-refractivity contribution < 1.29 is 12.8 Å². The van der Waals surface area contributed by atoms with Crippen molar-refractivity contribution >= 4 is 32.6 Å². The van der Waals surface area contributed by atoms with Gasteiger partial charge in [-0.3, -0.25) is 0 Å². The van der Waals surface area contributed by atoms with Crippen LogP contribution >= 0.6 is 22.6 Å². The standard InChI is InChI=1S/C6H5FINO2S/c7-5-2-1-4(8)3-6(5)12(9,10)11/h1-3H,(H2,9,10,11). The van der Waals surface area contributed by atoms with Gasteiger partial charge >= 0.3 is 0 Å². The highest BCUT2D eigenvalue weighted by Gasteiger charge is 2.13. The third-order valence-electron chi connectivity index (χ3n) is 1.20. The fourth-order valence-electron chi connectivity index (χ4n) is 0.695. The first-order chi connectivity index (χ1) is 5.41. The zero-order valence-electron chi connectivity index (χ0n) is 5.79. The Morgan fingerprint density at radius 1 is 1.42 bits per heavy atom. The maximum atomic E-state index is 12.8. The molecular weight excluding hydrogens is 296 g/mol. The SMILES string of the molecule is NS(=O)(=O)c1cc(I)ccc1F. The van der Waals surface area contributed by atoms with Crippen LogP contribution in [-0.2, 0) is 10.0 Å². The Hall–Kier alpha value is -0.210. The Labute approximate surface area is 83.0 Å². The molecular formula is C6H5FINO2S. The van der Waals surface area contributed by atoms with Gasteiger partial charge in [-0.2, -0.15) is 0 Å². The first kappa shape index (κ1) is 9.87. The van der Waals surface area contributed by atoms with E-state index in [1.807, 2.05) is 22.6 Å². The van der Waals surface area contributed by atoms with Crippen molar-refractivity contribution in [3.05, 3.63) is 27.6 Å². The summed E-state index contributed by atoms with van der Waals surface area (Å²) >= 11 is 1.88. The summed E-state index contributed by atoms with van der Waals surface area (Å²) in [5.74, 6) is -0.821. The third-order valence-corrected chi connectivity index (χ3v) is 2.80. The highest BCUT2D eigenvalue weighted by atomic mass is 127. The molecule has 0 aliphatic heterocycles. The van der Waals surface area contributed by atoms with E-state index >= 15 is 0 Å². The van der Waals surface area contributed by atoms with E-state index in [1.165, 1.54) is 12.1 Å². The minimum atomic E-state index is -3.94. The number of rotatable bonds is 1. The van der Waals surface area contributed by atoms with Crippen LogP contribution in [0.2, 0.25) is 0 Å². The molecule has 6 heteroatoms. The van der Waals surface area contributed by atoms with E-state index in [1.54, 1.807) is 0 Å². The maximum Gasteiger partial charge on any atom is 0.241 e. The molecule has 1 rings (SSSR count). The predicted molar refractivity (Wildman–Crippen MR) is 50.5 cm³/mol. The van der Waals surface area contributed by atoms with Crippen LogP contribution in [0.15, 0.2) is 23.1 Å². The molecule has 0 aromatic heterocycles. The van der Waals surface area contributed by atoms with Crippen LogP contribution in [0.4, 0.5) is 4.39 Å². The Morgan fingerprint density at radius 3 is 2.42 bits per heavy atom.